The Morgan fingerprint density at radius 3 is 2.90 bits per heavy atom. The maximum atomic E-state index is 9.15. The topological polar surface area (TPSA) is 33.4 Å². The molecule has 0 spiro atoms. The summed E-state index contributed by atoms with van der Waals surface area (Å²) in [7, 11) is 0. The van der Waals surface area contributed by atoms with Crippen LogP contribution in [0.2, 0.25) is 0 Å². The van der Waals surface area contributed by atoms with Gasteiger partial charge in [0.2, 0.25) is 0 Å². The molecule has 1 aromatic rings. The number of fused-ring (bicyclic) bond motifs is 1. The Hall–Kier alpha value is -1.18. The van der Waals surface area contributed by atoms with E-state index in [1.54, 1.807) is 0 Å². The van der Waals surface area contributed by atoms with E-state index in [0.29, 0.717) is 0 Å². The molecule has 2 heteroatoms. The molecule has 1 aromatic heterocycles. The predicted octanol–water partition coefficient (Wildman–Crippen LogP) is 0.340. The van der Waals surface area contributed by atoms with E-state index in [1.807, 2.05) is 12.2 Å². The summed E-state index contributed by atoms with van der Waals surface area (Å²) < 4.78 is 5.05. The summed E-state index contributed by atoms with van der Waals surface area (Å²) in [6, 6.07) is 0. The van der Waals surface area contributed by atoms with Crippen molar-refractivity contribution in [3.63, 3.8) is 0 Å². The van der Waals surface area contributed by atoms with E-state index in [1.165, 1.54) is 6.26 Å². The zero-order valence-electron chi connectivity index (χ0n) is 5.50. The number of aromatic hydroxyl groups is 1. The first-order chi connectivity index (χ1) is 4.88. The van der Waals surface area contributed by atoms with Crippen LogP contribution >= 0.6 is 0 Å². The zero-order chi connectivity index (χ0) is 6.97. The maximum Gasteiger partial charge on any atom is 0.161 e. The van der Waals surface area contributed by atoms with Crippen molar-refractivity contribution in [2.45, 2.75) is 12.8 Å². The van der Waals surface area contributed by atoms with E-state index in [9.17, 15) is 0 Å². The van der Waals surface area contributed by atoms with Crippen LogP contribution in [0.4, 0.5) is 0 Å². The molecule has 0 saturated carbocycles. The van der Waals surface area contributed by atoms with Crippen molar-refractivity contribution in [1.29, 1.82) is 0 Å². The molecule has 1 heterocycles. The van der Waals surface area contributed by atoms with Gasteiger partial charge in [0, 0.05) is 0 Å². The van der Waals surface area contributed by atoms with Crippen LogP contribution in [-0.2, 0) is 0 Å². The molecule has 0 fully saturated rings. The minimum absolute atomic E-state index is 0.256. The maximum absolute atomic E-state index is 9.15. The highest BCUT2D eigenvalue weighted by molar-refractivity contribution is 5.39. The molecule has 1 aliphatic carbocycles. The van der Waals surface area contributed by atoms with Crippen LogP contribution in [0, 0.1) is 0 Å². The van der Waals surface area contributed by atoms with Crippen LogP contribution in [-0.4, -0.2) is 5.11 Å². The molecule has 1 aliphatic rings. The molecule has 0 aromatic carbocycles. The van der Waals surface area contributed by atoms with Gasteiger partial charge in [-0.25, -0.2) is 0 Å². The van der Waals surface area contributed by atoms with Crippen molar-refractivity contribution in [2.75, 3.05) is 0 Å². The Morgan fingerprint density at radius 2 is 2.10 bits per heavy atom. The number of furan rings is 1. The van der Waals surface area contributed by atoms with Gasteiger partial charge < -0.3 is 9.52 Å². The highest BCUT2D eigenvalue weighted by Gasteiger charge is 2.00. The van der Waals surface area contributed by atoms with Crippen molar-refractivity contribution < 1.29 is 9.52 Å². The molecule has 52 valence electrons. The molecule has 0 aliphatic heterocycles. The third-order valence-electron chi connectivity index (χ3n) is 1.68. The normalized spacial score (nSPS) is 15.2. The molecule has 1 N–H and O–H groups in total. The SMILES string of the molecule is Oc1coc2c1=CCCC=2. The lowest BCUT2D eigenvalue weighted by Gasteiger charge is -1.90. The Bertz CT molecular complexity index is 346. The Balaban J connectivity index is 2.89. The lowest BCUT2D eigenvalue weighted by molar-refractivity contribution is 0.453. The van der Waals surface area contributed by atoms with Crippen molar-refractivity contribution in [2.24, 2.45) is 0 Å². The zero-order valence-corrected chi connectivity index (χ0v) is 5.50. The summed E-state index contributed by atoms with van der Waals surface area (Å²) in [5.74, 6) is 0.256. The fourth-order valence-electron chi connectivity index (χ4n) is 1.18. The van der Waals surface area contributed by atoms with Gasteiger partial charge in [-0.2, -0.15) is 0 Å². The summed E-state index contributed by atoms with van der Waals surface area (Å²) in [5, 5.41) is 10.0. The second-order valence-electron chi connectivity index (χ2n) is 2.38. The van der Waals surface area contributed by atoms with Gasteiger partial charge in [0.25, 0.3) is 0 Å². The Morgan fingerprint density at radius 1 is 1.30 bits per heavy atom. The number of rotatable bonds is 0. The van der Waals surface area contributed by atoms with E-state index in [-0.39, 0.29) is 5.75 Å². The highest BCUT2D eigenvalue weighted by atomic mass is 16.3. The van der Waals surface area contributed by atoms with E-state index >= 15 is 0 Å². The van der Waals surface area contributed by atoms with Crippen LogP contribution in [0.25, 0.3) is 12.2 Å². The minimum atomic E-state index is 0.256. The molecular weight excluding hydrogens is 128 g/mol. The van der Waals surface area contributed by atoms with Crippen LogP contribution in [0.3, 0.4) is 0 Å². The molecule has 2 rings (SSSR count). The monoisotopic (exact) mass is 136 g/mol. The first kappa shape index (κ1) is 5.59. The average molecular weight is 136 g/mol. The molecule has 0 saturated heterocycles. The first-order valence-electron chi connectivity index (χ1n) is 3.35. The smallest absolute Gasteiger partial charge is 0.161 e. The summed E-state index contributed by atoms with van der Waals surface area (Å²) in [4.78, 5) is 0. The number of hydrogen-bond donors (Lipinski definition) is 1. The second kappa shape index (κ2) is 1.90. The quantitative estimate of drug-likeness (QED) is 0.558. The second-order valence-corrected chi connectivity index (χ2v) is 2.38. The average Bonchev–Trinajstić information content (AvgIpc) is 2.34. The predicted molar refractivity (Wildman–Crippen MR) is 37.8 cm³/mol. The molecule has 2 nitrogen and oxygen atoms in total. The van der Waals surface area contributed by atoms with Crippen LogP contribution < -0.4 is 10.6 Å². The molecule has 0 bridgehead atoms. The van der Waals surface area contributed by atoms with E-state index in [2.05, 4.69) is 0 Å². The van der Waals surface area contributed by atoms with Crippen LogP contribution in [0.15, 0.2) is 10.7 Å². The summed E-state index contributed by atoms with van der Waals surface area (Å²) >= 11 is 0. The number of hydrogen-bond acceptors (Lipinski definition) is 2. The van der Waals surface area contributed by atoms with Gasteiger partial charge in [0.15, 0.2) is 5.75 Å². The molecular formula is C8H8O2. The highest BCUT2D eigenvalue weighted by Crippen LogP contribution is 2.01. The Labute approximate surface area is 58.1 Å². The lowest BCUT2D eigenvalue weighted by Crippen LogP contribution is -2.21. The fraction of sp³-hybridized carbons (Fsp3) is 0.250. The molecule has 0 amide bonds. The third-order valence-corrected chi connectivity index (χ3v) is 1.68. The standard InChI is InChI=1S/C8H8O2/c9-7-5-10-8-4-2-1-3-6(7)8/h3-5,9H,1-2H2. The van der Waals surface area contributed by atoms with E-state index in [0.717, 1.165) is 23.5 Å². The van der Waals surface area contributed by atoms with Crippen LogP contribution in [0.5, 0.6) is 5.75 Å². The van der Waals surface area contributed by atoms with Crippen molar-refractivity contribution in [3.8, 4) is 5.75 Å². The van der Waals surface area contributed by atoms with Gasteiger partial charge in [0.1, 0.15) is 11.7 Å². The first-order valence-corrected chi connectivity index (χ1v) is 3.35. The summed E-state index contributed by atoms with van der Waals surface area (Å²) in [6.07, 6.45) is 7.38. The lowest BCUT2D eigenvalue weighted by atomic mass is 10.2. The van der Waals surface area contributed by atoms with Gasteiger partial charge in [-0.15, -0.1) is 0 Å². The minimum Gasteiger partial charge on any atom is -0.504 e. The Kier molecular flexibility index (Phi) is 1.07. The van der Waals surface area contributed by atoms with Crippen LogP contribution in [0.1, 0.15) is 12.8 Å². The van der Waals surface area contributed by atoms with Crippen molar-refractivity contribution in [3.05, 3.63) is 16.9 Å². The third kappa shape index (κ3) is 0.652. The molecule has 0 unspecified atom stereocenters. The van der Waals surface area contributed by atoms with E-state index in [4.69, 9.17) is 9.52 Å². The van der Waals surface area contributed by atoms with Gasteiger partial charge in [-0.1, -0.05) is 6.08 Å². The van der Waals surface area contributed by atoms with Gasteiger partial charge in [-0.3, -0.25) is 0 Å². The van der Waals surface area contributed by atoms with Gasteiger partial charge >= 0.3 is 0 Å². The van der Waals surface area contributed by atoms with Gasteiger partial charge in [-0.05, 0) is 18.9 Å². The molecule has 0 radical (unpaired) electrons. The fourth-order valence-corrected chi connectivity index (χ4v) is 1.18. The van der Waals surface area contributed by atoms with Crippen molar-refractivity contribution in [1.82, 2.24) is 0 Å². The van der Waals surface area contributed by atoms with E-state index < -0.39 is 0 Å². The van der Waals surface area contributed by atoms with Crippen molar-refractivity contribution >= 4 is 12.2 Å². The summed E-state index contributed by atoms with van der Waals surface area (Å²) in [5.41, 5.74) is 0.809. The van der Waals surface area contributed by atoms with Gasteiger partial charge in [0.05, 0.1) is 5.22 Å². The largest absolute Gasteiger partial charge is 0.504 e. The molecule has 0 atom stereocenters. The molecule has 10 heavy (non-hydrogen) atoms. The summed E-state index contributed by atoms with van der Waals surface area (Å²) in [6.45, 7) is 0.